The quantitative estimate of drug-likeness (QED) is 0.791. The standard InChI is InChI=1S/C17H18BrN5/c1-11-10-21-17(22-12-5-2-3-6-12)23-15(11)13(9-19)16-14(18)7-4-8-20-16/h4,7-8,10,12,20H,2-3,5-6H2,1H3,(H,21,22,23)/b16-13-. The number of allylic oxidation sites excluding steroid dienone is 4. The molecule has 2 aliphatic rings. The molecule has 6 heteroatoms. The summed E-state index contributed by atoms with van der Waals surface area (Å²) >= 11 is 3.49. The van der Waals surface area contributed by atoms with Crippen molar-refractivity contribution in [3.8, 4) is 6.07 Å². The van der Waals surface area contributed by atoms with Crippen molar-refractivity contribution in [1.82, 2.24) is 15.3 Å². The number of aryl methyl sites for hydroxylation is 1. The van der Waals surface area contributed by atoms with Gasteiger partial charge in [-0.25, -0.2) is 9.97 Å². The zero-order valence-corrected chi connectivity index (χ0v) is 14.5. The van der Waals surface area contributed by atoms with Gasteiger partial charge < -0.3 is 10.6 Å². The van der Waals surface area contributed by atoms with E-state index in [4.69, 9.17) is 0 Å². The molecule has 1 aromatic rings. The highest BCUT2D eigenvalue weighted by atomic mass is 79.9. The van der Waals surface area contributed by atoms with E-state index in [1.54, 1.807) is 12.4 Å². The van der Waals surface area contributed by atoms with Crippen molar-refractivity contribution in [2.24, 2.45) is 0 Å². The molecule has 1 aliphatic carbocycles. The lowest BCUT2D eigenvalue weighted by Crippen LogP contribution is -2.18. The van der Waals surface area contributed by atoms with Gasteiger partial charge in [-0.15, -0.1) is 0 Å². The number of anilines is 1. The van der Waals surface area contributed by atoms with Crippen molar-refractivity contribution < 1.29 is 0 Å². The number of halogens is 1. The first-order chi connectivity index (χ1) is 11.2. The zero-order valence-electron chi connectivity index (χ0n) is 12.9. The third kappa shape index (κ3) is 3.45. The predicted molar refractivity (Wildman–Crippen MR) is 94.5 cm³/mol. The van der Waals surface area contributed by atoms with Crippen LogP contribution in [-0.4, -0.2) is 16.0 Å². The number of aromatic nitrogens is 2. The monoisotopic (exact) mass is 371 g/mol. The van der Waals surface area contributed by atoms with Gasteiger partial charge in [-0.3, -0.25) is 0 Å². The van der Waals surface area contributed by atoms with Gasteiger partial charge in [0.05, 0.1) is 11.4 Å². The molecule has 0 unspecified atom stereocenters. The largest absolute Gasteiger partial charge is 0.360 e. The van der Waals surface area contributed by atoms with Crippen molar-refractivity contribution in [2.45, 2.75) is 38.6 Å². The van der Waals surface area contributed by atoms with E-state index in [0.29, 0.717) is 23.3 Å². The van der Waals surface area contributed by atoms with E-state index >= 15 is 0 Å². The lowest BCUT2D eigenvalue weighted by molar-refractivity contribution is 0.743. The van der Waals surface area contributed by atoms with Crippen LogP contribution >= 0.6 is 15.9 Å². The second kappa shape index (κ2) is 6.97. The van der Waals surface area contributed by atoms with Crippen LogP contribution in [0.1, 0.15) is 36.9 Å². The van der Waals surface area contributed by atoms with Gasteiger partial charge in [0.2, 0.25) is 5.95 Å². The Bertz CT molecular complexity index is 736. The molecule has 0 amide bonds. The van der Waals surface area contributed by atoms with Crippen LogP contribution in [0.15, 0.2) is 34.7 Å². The molecule has 5 nitrogen and oxygen atoms in total. The molecule has 0 bridgehead atoms. The molecule has 2 heterocycles. The molecule has 23 heavy (non-hydrogen) atoms. The first-order valence-corrected chi connectivity index (χ1v) is 8.52. The summed E-state index contributed by atoms with van der Waals surface area (Å²) in [7, 11) is 0. The summed E-state index contributed by atoms with van der Waals surface area (Å²) in [6.45, 7) is 1.92. The van der Waals surface area contributed by atoms with Gasteiger partial charge in [0.1, 0.15) is 11.6 Å². The van der Waals surface area contributed by atoms with Gasteiger partial charge >= 0.3 is 0 Å². The second-order valence-electron chi connectivity index (χ2n) is 5.73. The third-order valence-electron chi connectivity index (χ3n) is 4.06. The lowest BCUT2D eigenvalue weighted by Gasteiger charge is -2.16. The lowest BCUT2D eigenvalue weighted by atomic mass is 10.1. The molecule has 0 saturated heterocycles. The minimum atomic E-state index is 0.436. The van der Waals surface area contributed by atoms with Gasteiger partial charge in [0.15, 0.2) is 0 Å². The van der Waals surface area contributed by atoms with Crippen LogP contribution in [-0.2, 0) is 0 Å². The number of rotatable bonds is 3. The number of nitrogens with one attached hydrogen (secondary N) is 2. The van der Waals surface area contributed by atoms with Crippen LogP contribution in [0, 0.1) is 18.3 Å². The number of hydrogen-bond donors (Lipinski definition) is 2. The Morgan fingerprint density at radius 2 is 2.22 bits per heavy atom. The van der Waals surface area contributed by atoms with E-state index in [9.17, 15) is 5.26 Å². The Labute approximate surface area is 144 Å². The predicted octanol–water partition coefficient (Wildman–Crippen LogP) is 3.77. The number of hydrogen-bond acceptors (Lipinski definition) is 5. The summed E-state index contributed by atoms with van der Waals surface area (Å²) < 4.78 is 0.833. The second-order valence-corrected chi connectivity index (χ2v) is 6.59. The van der Waals surface area contributed by atoms with Crippen LogP contribution in [0.5, 0.6) is 0 Å². The van der Waals surface area contributed by atoms with Crippen LogP contribution in [0.2, 0.25) is 0 Å². The average Bonchev–Trinajstić information content (AvgIpc) is 3.06. The van der Waals surface area contributed by atoms with Crippen LogP contribution in [0.4, 0.5) is 5.95 Å². The minimum absolute atomic E-state index is 0.436. The maximum absolute atomic E-state index is 9.65. The highest BCUT2D eigenvalue weighted by molar-refractivity contribution is 9.12. The topological polar surface area (TPSA) is 73.6 Å². The number of nitrogens with zero attached hydrogens (tertiary/aromatic N) is 3. The first-order valence-electron chi connectivity index (χ1n) is 7.73. The van der Waals surface area contributed by atoms with Crippen molar-refractivity contribution >= 4 is 27.5 Å². The van der Waals surface area contributed by atoms with E-state index in [1.165, 1.54) is 12.8 Å². The average molecular weight is 372 g/mol. The molecular formula is C17H18BrN5. The van der Waals surface area contributed by atoms with E-state index in [2.05, 4.69) is 42.6 Å². The zero-order chi connectivity index (χ0) is 16.2. The molecule has 1 aliphatic heterocycles. The summed E-state index contributed by atoms with van der Waals surface area (Å²) in [5.74, 6) is 0.595. The third-order valence-corrected chi connectivity index (χ3v) is 4.72. The van der Waals surface area contributed by atoms with E-state index in [1.807, 2.05) is 19.1 Å². The van der Waals surface area contributed by atoms with Crippen molar-refractivity contribution in [2.75, 3.05) is 5.32 Å². The van der Waals surface area contributed by atoms with Crippen molar-refractivity contribution in [1.29, 1.82) is 5.26 Å². The molecule has 0 spiro atoms. The maximum atomic E-state index is 9.65. The molecule has 0 radical (unpaired) electrons. The maximum Gasteiger partial charge on any atom is 0.223 e. The van der Waals surface area contributed by atoms with Crippen LogP contribution in [0.25, 0.3) is 5.57 Å². The molecule has 3 rings (SSSR count). The Morgan fingerprint density at radius 3 is 2.91 bits per heavy atom. The fraction of sp³-hybridized carbons (Fsp3) is 0.353. The van der Waals surface area contributed by atoms with E-state index in [-0.39, 0.29) is 0 Å². The summed E-state index contributed by atoms with van der Waals surface area (Å²) in [5.41, 5.74) is 2.77. The molecular weight excluding hydrogens is 354 g/mol. The fourth-order valence-corrected chi connectivity index (χ4v) is 3.32. The van der Waals surface area contributed by atoms with Gasteiger partial charge in [-0.05, 0) is 53.4 Å². The molecule has 0 atom stereocenters. The van der Waals surface area contributed by atoms with Crippen molar-refractivity contribution in [3.63, 3.8) is 0 Å². The normalized spacial score (nSPS) is 19.8. The molecule has 1 saturated carbocycles. The molecule has 118 valence electrons. The Kier molecular flexibility index (Phi) is 4.77. The summed E-state index contributed by atoms with van der Waals surface area (Å²) in [6.07, 6.45) is 12.1. The van der Waals surface area contributed by atoms with Crippen molar-refractivity contribution in [3.05, 3.63) is 46.0 Å². The Morgan fingerprint density at radius 1 is 1.43 bits per heavy atom. The smallest absolute Gasteiger partial charge is 0.223 e. The van der Waals surface area contributed by atoms with Gasteiger partial charge in [0, 0.05) is 22.9 Å². The van der Waals surface area contributed by atoms with Crippen LogP contribution < -0.4 is 10.6 Å². The Balaban J connectivity index is 1.97. The summed E-state index contributed by atoms with van der Waals surface area (Å²) in [5, 5.41) is 16.2. The first kappa shape index (κ1) is 15.8. The molecule has 2 N–H and O–H groups in total. The van der Waals surface area contributed by atoms with Gasteiger partial charge in [-0.1, -0.05) is 12.8 Å². The van der Waals surface area contributed by atoms with E-state index < -0.39 is 0 Å². The van der Waals surface area contributed by atoms with Gasteiger partial charge in [-0.2, -0.15) is 5.26 Å². The Hall–Kier alpha value is -2.13. The highest BCUT2D eigenvalue weighted by Gasteiger charge is 2.19. The fourth-order valence-electron chi connectivity index (χ4n) is 2.85. The molecule has 1 aromatic heterocycles. The minimum Gasteiger partial charge on any atom is -0.360 e. The number of dihydropyridines is 1. The van der Waals surface area contributed by atoms with Gasteiger partial charge in [0.25, 0.3) is 0 Å². The van der Waals surface area contributed by atoms with E-state index in [0.717, 1.165) is 28.6 Å². The molecule has 1 fully saturated rings. The highest BCUT2D eigenvalue weighted by Crippen LogP contribution is 2.28. The number of nitriles is 1. The summed E-state index contributed by atoms with van der Waals surface area (Å²) in [6, 6.07) is 2.71. The molecule has 0 aromatic carbocycles. The SMILES string of the molecule is Cc1cnc(NC2CCCC2)nc1/C(C#N)=C1\NC=CC=C1Br. The summed E-state index contributed by atoms with van der Waals surface area (Å²) in [4.78, 5) is 8.97. The van der Waals surface area contributed by atoms with Crippen LogP contribution in [0.3, 0.4) is 0 Å².